The smallest absolute Gasteiger partial charge is 0.221 e. The summed E-state index contributed by atoms with van der Waals surface area (Å²) in [6, 6.07) is 7.69. The van der Waals surface area contributed by atoms with E-state index in [0.29, 0.717) is 0 Å². The summed E-state index contributed by atoms with van der Waals surface area (Å²) in [6.45, 7) is 9.47. The molecule has 0 aliphatic heterocycles. The lowest BCUT2D eigenvalue weighted by Crippen LogP contribution is -2.13. The zero-order valence-corrected chi connectivity index (χ0v) is 13.0. The lowest BCUT2D eigenvalue weighted by Gasteiger charge is -2.07. The first-order valence-electron chi connectivity index (χ1n) is 7.16. The molecule has 5 heteroatoms. The highest BCUT2D eigenvalue weighted by Gasteiger charge is 2.12. The van der Waals surface area contributed by atoms with Gasteiger partial charge in [0.15, 0.2) is 0 Å². The van der Waals surface area contributed by atoms with Crippen molar-refractivity contribution in [2.45, 2.75) is 34.2 Å². The van der Waals surface area contributed by atoms with Gasteiger partial charge in [-0.25, -0.2) is 4.68 Å². The molecule has 1 aromatic heterocycles. The summed E-state index contributed by atoms with van der Waals surface area (Å²) in [7, 11) is 0. The normalized spacial score (nSPS) is 10.7. The highest BCUT2D eigenvalue weighted by molar-refractivity contribution is 5.88. The Kier molecular flexibility index (Phi) is 4.75. The first kappa shape index (κ1) is 15.3. The maximum absolute atomic E-state index is 11.0. The lowest BCUT2D eigenvalue weighted by atomic mass is 10.2. The van der Waals surface area contributed by atoms with Gasteiger partial charge in [-0.3, -0.25) is 4.79 Å². The van der Waals surface area contributed by atoms with E-state index in [1.165, 1.54) is 12.5 Å². The molecule has 1 aromatic carbocycles. The number of nitrogens with one attached hydrogen (secondary N) is 2. The minimum Gasteiger partial charge on any atom is -0.326 e. The summed E-state index contributed by atoms with van der Waals surface area (Å²) in [6.07, 6.45) is 0. The van der Waals surface area contributed by atoms with Gasteiger partial charge in [0.2, 0.25) is 5.91 Å². The Balaban J connectivity index is 2.27. The van der Waals surface area contributed by atoms with E-state index < -0.39 is 0 Å². The van der Waals surface area contributed by atoms with Crippen LogP contribution in [0.15, 0.2) is 24.3 Å². The Labute approximate surface area is 125 Å². The van der Waals surface area contributed by atoms with Crippen LogP contribution in [0.4, 0.5) is 5.69 Å². The van der Waals surface area contributed by atoms with E-state index in [4.69, 9.17) is 0 Å². The van der Waals surface area contributed by atoms with Crippen LogP contribution in [0.3, 0.4) is 0 Å². The van der Waals surface area contributed by atoms with Crippen LogP contribution in [0.1, 0.15) is 30.8 Å². The summed E-state index contributed by atoms with van der Waals surface area (Å²) in [5.74, 6) is -0.0678. The van der Waals surface area contributed by atoms with Gasteiger partial charge >= 0.3 is 0 Å². The second-order valence-corrected chi connectivity index (χ2v) is 5.07. The van der Waals surface area contributed by atoms with Gasteiger partial charge in [-0.15, -0.1) is 0 Å². The Morgan fingerprint density at radius 3 is 2.48 bits per heavy atom. The van der Waals surface area contributed by atoms with Gasteiger partial charge in [0.1, 0.15) is 0 Å². The molecule has 0 saturated carbocycles. The van der Waals surface area contributed by atoms with Crippen molar-refractivity contribution in [2.24, 2.45) is 0 Å². The number of hydrogen-bond donors (Lipinski definition) is 2. The molecule has 0 radical (unpaired) electrons. The molecule has 5 nitrogen and oxygen atoms in total. The van der Waals surface area contributed by atoms with Crippen molar-refractivity contribution >= 4 is 11.6 Å². The average Bonchev–Trinajstić information content (AvgIpc) is 2.72. The molecule has 21 heavy (non-hydrogen) atoms. The first-order chi connectivity index (χ1) is 10.0. The Morgan fingerprint density at radius 2 is 1.90 bits per heavy atom. The van der Waals surface area contributed by atoms with Crippen molar-refractivity contribution < 1.29 is 4.79 Å². The summed E-state index contributed by atoms with van der Waals surface area (Å²) < 4.78 is 1.94. The number of hydrogen-bond acceptors (Lipinski definition) is 3. The van der Waals surface area contributed by atoms with Gasteiger partial charge in [0.05, 0.1) is 11.4 Å². The number of aryl methyl sites for hydroxylation is 1. The molecule has 1 amide bonds. The largest absolute Gasteiger partial charge is 0.326 e. The van der Waals surface area contributed by atoms with Crippen molar-refractivity contribution in [3.05, 3.63) is 41.2 Å². The van der Waals surface area contributed by atoms with E-state index in [1.54, 1.807) is 0 Å². The molecule has 2 aromatic rings. The standard InChI is InChI=1S/C16H22N4O/c1-5-17-10-16-11(2)19-20(12(16)3)15-8-6-14(7-9-15)18-13(4)21/h6-9,17H,5,10H2,1-4H3,(H,18,21). The minimum atomic E-state index is -0.0678. The molecule has 112 valence electrons. The van der Waals surface area contributed by atoms with Crippen LogP contribution in [-0.4, -0.2) is 22.2 Å². The first-order valence-corrected chi connectivity index (χ1v) is 7.16. The molecule has 2 N–H and O–H groups in total. The van der Waals surface area contributed by atoms with Gasteiger partial charge < -0.3 is 10.6 Å². The molecule has 0 aliphatic carbocycles. The number of carbonyl (C=O) groups is 1. The van der Waals surface area contributed by atoms with Crippen LogP contribution < -0.4 is 10.6 Å². The Bertz CT molecular complexity index is 628. The average molecular weight is 286 g/mol. The predicted molar refractivity (Wildman–Crippen MR) is 84.7 cm³/mol. The highest BCUT2D eigenvalue weighted by atomic mass is 16.1. The predicted octanol–water partition coefficient (Wildman–Crippen LogP) is 2.56. The van der Waals surface area contributed by atoms with Crippen LogP contribution >= 0.6 is 0 Å². The van der Waals surface area contributed by atoms with E-state index in [-0.39, 0.29) is 5.91 Å². The van der Waals surface area contributed by atoms with Gasteiger partial charge in [-0.05, 0) is 44.7 Å². The third-order valence-electron chi connectivity index (χ3n) is 3.43. The van der Waals surface area contributed by atoms with Gasteiger partial charge in [-0.2, -0.15) is 5.10 Å². The fourth-order valence-electron chi connectivity index (χ4n) is 2.32. The van der Waals surface area contributed by atoms with Crippen molar-refractivity contribution in [1.82, 2.24) is 15.1 Å². The van der Waals surface area contributed by atoms with Crippen LogP contribution in [-0.2, 0) is 11.3 Å². The molecule has 0 aliphatic rings. The third-order valence-corrected chi connectivity index (χ3v) is 3.43. The van der Waals surface area contributed by atoms with E-state index in [0.717, 1.165) is 35.9 Å². The van der Waals surface area contributed by atoms with Crippen LogP contribution in [0.25, 0.3) is 5.69 Å². The summed E-state index contributed by atoms with van der Waals surface area (Å²) in [5.41, 5.74) is 5.20. The number of aromatic nitrogens is 2. The SMILES string of the molecule is CCNCc1c(C)nn(-c2ccc(NC(C)=O)cc2)c1C. The molecule has 0 unspecified atom stereocenters. The monoisotopic (exact) mass is 286 g/mol. The van der Waals surface area contributed by atoms with Crippen molar-refractivity contribution in [3.8, 4) is 5.69 Å². The molecule has 0 saturated heterocycles. The van der Waals surface area contributed by atoms with Crippen LogP contribution in [0.2, 0.25) is 0 Å². The Hall–Kier alpha value is -2.14. The third kappa shape index (κ3) is 3.49. The van der Waals surface area contributed by atoms with Crippen molar-refractivity contribution in [1.29, 1.82) is 0 Å². The molecule has 0 bridgehead atoms. The van der Waals surface area contributed by atoms with E-state index >= 15 is 0 Å². The number of amides is 1. The number of nitrogens with zero attached hydrogens (tertiary/aromatic N) is 2. The topological polar surface area (TPSA) is 59.0 Å². The van der Waals surface area contributed by atoms with Crippen LogP contribution in [0, 0.1) is 13.8 Å². The minimum absolute atomic E-state index is 0.0678. The Morgan fingerprint density at radius 1 is 1.24 bits per heavy atom. The molecule has 0 fully saturated rings. The van der Waals surface area contributed by atoms with Crippen molar-refractivity contribution in [2.75, 3.05) is 11.9 Å². The van der Waals surface area contributed by atoms with Gasteiger partial charge in [0.25, 0.3) is 0 Å². The zero-order valence-electron chi connectivity index (χ0n) is 13.0. The fourth-order valence-corrected chi connectivity index (χ4v) is 2.32. The summed E-state index contributed by atoms with van der Waals surface area (Å²) in [4.78, 5) is 11.0. The molecular formula is C16H22N4O. The van der Waals surface area contributed by atoms with E-state index in [9.17, 15) is 4.79 Å². The van der Waals surface area contributed by atoms with E-state index in [1.807, 2.05) is 35.9 Å². The fraction of sp³-hybridized carbons (Fsp3) is 0.375. The second-order valence-electron chi connectivity index (χ2n) is 5.07. The summed E-state index contributed by atoms with van der Waals surface area (Å²) >= 11 is 0. The quantitative estimate of drug-likeness (QED) is 0.888. The maximum atomic E-state index is 11.0. The molecule has 2 rings (SSSR count). The van der Waals surface area contributed by atoms with Gasteiger partial charge in [0, 0.05) is 30.4 Å². The molecule has 1 heterocycles. The number of rotatable bonds is 5. The molecule has 0 atom stereocenters. The maximum Gasteiger partial charge on any atom is 0.221 e. The summed E-state index contributed by atoms with van der Waals surface area (Å²) in [5, 5.41) is 10.7. The highest BCUT2D eigenvalue weighted by Crippen LogP contribution is 2.19. The van der Waals surface area contributed by atoms with Crippen molar-refractivity contribution in [3.63, 3.8) is 0 Å². The second kappa shape index (κ2) is 6.54. The zero-order chi connectivity index (χ0) is 15.4. The van der Waals surface area contributed by atoms with Gasteiger partial charge in [-0.1, -0.05) is 6.92 Å². The lowest BCUT2D eigenvalue weighted by molar-refractivity contribution is -0.114. The molecule has 0 spiro atoms. The van der Waals surface area contributed by atoms with Crippen LogP contribution in [0.5, 0.6) is 0 Å². The number of benzene rings is 1. The number of carbonyl (C=O) groups excluding carboxylic acids is 1. The molecular weight excluding hydrogens is 264 g/mol. The van der Waals surface area contributed by atoms with E-state index in [2.05, 4.69) is 29.6 Å². The number of anilines is 1.